The molecule has 18 heavy (non-hydrogen) atoms. The first-order valence-electron chi connectivity index (χ1n) is 6.48. The molecular weight excluding hydrogens is 230 g/mol. The van der Waals surface area contributed by atoms with E-state index in [0.29, 0.717) is 25.6 Å². The van der Waals surface area contributed by atoms with E-state index in [1.54, 1.807) is 0 Å². The Bertz CT molecular complexity index is 372. The summed E-state index contributed by atoms with van der Waals surface area (Å²) in [6.45, 7) is 9.81. The molecule has 0 bridgehead atoms. The normalized spacial score (nSPS) is 11.4. The van der Waals surface area contributed by atoms with Gasteiger partial charge in [0.1, 0.15) is 11.5 Å². The van der Waals surface area contributed by atoms with Gasteiger partial charge in [-0.1, -0.05) is 32.9 Å². The highest BCUT2D eigenvalue weighted by Gasteiger charge is 2.07. The fourth-order valence-electron chi connectivity index (χ4n) is 1.51. The molecule has 5 heteroatoms. The Morgan fingerprint density at radius 2 is 2.11 bits per heavy atom. The van der Waals surface area contributed by atoms with Crippen molar-refractivity contribution in [3.63, 3.8) is 0 Å². The van der Waals surface area contributed by atoms with Gasteiger partial charge < -0.3 is 4.74 Å². The number of hydrogen-bond donors (Lipinski definition) is 0. The third-order valence-electron chi connectivity index (χ3n) is 2.52. The van der Waals surface area contributed by atoms with Gasteiger partial charge in [-0.2, -0.15) is 0 Å². The van der Waals surface area contributed by atoms with Crippen molar-refractivity contribution >= 4 is 5.78 Å². The zero-order valence-electron chi connectivity index (χ0n) is 11.7. The second-order valence-corrected chi connectivity index (χ2v) is 5.25. The SMILES string of the molecule is CC(C)Cn1cc(COCCC(=O)C(C)C)nn1. The fraction of sp³-hybridized carbons (Fsp3) is 0.769. The van der Waals surface area contributed by atoms with Gasteiger partial charge in [0, 0.05) is 18.9 Å². The number of nitrogens with zero attached hydrogens (tertiary/aromatic N) is 3. The topological polar surface area (TPSA) is 57.0 Å². The van der Waals surface area contributed by atoms with Crippen molar-refractivity contribution in [1.82, 2.24) is 15.0 Å². The van der Waals surface area contributed by atoms with Crippen molar-refractivity contribution in [3.05, 3.63) is 11.9 Å². The summed E-state index contributed by atoms with van der Waals surface area (Å²) in [5, 5.41) is 8.04. The number of hydrogen-bond acceptors (Lipinski definition) is 4. The largest absolute Gasteiger partial charge is 0.375 e. The maximum atomic E-state index is 11.4. The number of aromatic nitrogens is 3. The second kappa shape index (κ2) is 7.26. The molecule has 0 aliphatic rings. The van der Waals surface area contributed by atoms with Gasteiger partial charge in [-0.15, -0.1) is 5.10 Å². The minimum absolute atomic E-state index is 0.0838. The molecule has 0 atom stereocenters. The highest BCUT2D eigenvalue weighted by Crippen LogP contribution is 2.02. The van der Waals surface area contributed by atoms with Crippen LogP contribution in [0.1, 0.15) is 39.8 Å². The van der Waals surface area contributed by atoms with Crippen molar-refractivity contribution in [1.29, 1.82) is 0 Å². The quantitative estimate of drug-likeness (QED) is 0.665. The van der Waals surface area contributed by atoms with Crippen LogP contribution in [-0.2, 0) is 22.7 Å². The molecule has 0 aliphatic carbocycles. The molecule has 0 saturated carbocycles. The third-order valence-corrected chi connectivity index (χ3v) is 2.52. The van der Waals surface area contributed by atoms with Crippen molar-refractivity contribution in [2.24, 2.45) is 11.8 Å². The summed E-state index contributed by atoms with van der Waals surface area (Å²) >= 11 is 0. The molecule has 0 aromatic carbocycles. The smallest absolute Gasteiger partial charge is 0.137 e. The van der Waals surface area contributed by atoms with Crippen LogP contribution in [0.15, 0.2) is 6.20 Å². The number of carbonyl (C=O) groups excluding carboxylic acids is 1. The predicted molar refractivity (Wildman–Crippen MR) is 69.0 cm³/mol. The lowest BCUT2D eigenvalue weighted by molar-refractivity contribution is -0.123. The average molecular weight is 253 g/mol. The van der Waals surface area contributed by atoms with Gasteiger partial charge in [-0.05, 0) is 5.92 Å². The zero-order chi connectivity index (χ0) is 13.5. The van der Waals surface area contributed by atoms with E-state index >= 15 is 0 Å². The lowest BCUT2D eigenvalue weighted by Gasteiger charge is -2.04. The van der Waals surface area contributed by atoms with Crippen LogP contribution in [0, 0.1) is 11.8 Å². The number of carbonyl (C=O) groups is 1. The highest BCUT2D eigenvalue weighted by atomic mass is 16.5. The summed E-state index contributed by atoms with van der Waals surface area (Å²) in [6, 6.07) is 0. The molecule has 0 radical (unpaired) electrons. The molecule has 0 fully saturated rings. The molecule has 0 aliphatic heterocycles. The summed E-state index contributed by atoms with van der Waals surface area (Å²) in [7, 11) is 0. The Hall–Kier alpha value is -1.23. The van der Waals surface area contributed by atoms with Gasteiger partial charge in [0.05, 0.1) is 19.4 Å². The highest BCUT2D eigenvalue weighted by molar-refractivity contribution is 5.80. The van der Waals surface area contributed by atoms with Crippen molar-refractivity contribution in [3.8, 4) is 0 Å². The van der Waals surface area contributed by atoms with Gasteiger partial charge in [-0.3, -0.25) is 9.48 Å². The molecule has 102 valence electrons. The maximum Gasteiger partial charge on any atom is 0.137 e. The van der Waals surface area contributed by atoms with Crippen molar-refractivity contribution in [2.75, 3.05) is 6.61 Å². The number of ether oxygens (including phenoxy) is 1. The minimum Gasteiger partial charge on any atom is -0.375 e. The molecule has 0 saturated heterocycles. The van der Waals surface area contributed by atoms with Gasteiger partial charge in [-0.25, -0.2) is 0 Å². The van der Waals surface area contributed by atoms with Crippen LogP contribution in [0.5, 0.6) is 0 Å². The van der Waals surface area contributed by atoms with E-state index in [9.17, 15) is 4.79 Å². The van der Waals surface area contributed by atoms with E-state index in [0.717, 1.165) is 12.2 Å². The van der Waals surface area contributed by atoms with E-state index < -0.39 is 0 Å². The zero-order valence-corrected chi connectivity index (χ0v) is 11.7. The summed E-state index contributed by atoms with van der Waals surface area (Å²) in [5.74, 6) is 0.864. The van der Waals surface area contributed by atoms with E-state index in [1.807, 2.05) is 24.7 Å². The monoisotopic (exact) mass is 253 g/mol. The van der Waals surface area contributed by atoms with E-state index in [1.165, 1.54) is 0 Å². The fourth-order valence-corrected chi connectivity index (χ4v) is 1.51. The molecule has 0 amide bonds. The molecule has 5 nitrogen and oxygen atoms in total. The molecular formula is C13H23N3O2. The van der Waals surface area contributed by atoms with Crippen LogP contribution in [0.2, 0.25) is 0 Å². The Kier molecular flexibility index (Phi) is 5.98. The summed E-state index contributed by atoms with van der Waals surface area (Å²) in [4.78, 5) is 11.4. The van der Waals surface area contributed by atoms with E-state index in [-0.39, 0.29) is 11.7 Å². The first kappa shape index (κ1) is 14.8. The summed E-state index contributed by atoms with van der Waals surface area (Å²) < 4.78 is 7.24. The lowest BCUT2D eigenvalue weighted by atomic mass is 10.1. The Morgan fingerprint density at radius 3 is 2.72 bits per heavy atom. The lowest BCUT2D eigenvalue weighted by Crippen LogP contribution is -2.10. The van der Waals surface area contributed by atoms with E-state index in [4.69, 9.17) is 4.74 Å². The first-order chi connectivity index (χ1) is 8.49. The van der Waals surface area contributed by atoms with Gasteiger partial charge in [0.2, 0.25) is 0 Å². The van der Waals surface area contributed by atoms with Gasteiger partial charge in [0.25, 0.3) is 0 Å². The Balaban J connectivity index is 2.23. The van der Waals surface area contributed by atoms with Crippen LogP contribution in [0.25, 0.3) is 0 Å². The average Bonchev–Trinajstić information content (AvgIpc) is 2.70. The predicted octanol–water partition coefficient (Wildman–Crippen LogP) is 2.07. The van der Waals surface area contributed by atoms with Crippen LogP contribution in [-0.4, -0.2) is 27.4 Å². The third kappa shape index (κ3) is 5.40. The molecule has 0 N–H and O–H groups in total. The van der Waals surface area contributed by atoms with Gasteiger partial charge >= 0.3 is 0 Å². The minimum atomic E-state index is 0.0838. The number of rotatable bonds is 8. The standard InChI is InChI=1S/C13H23N3O2/c1-10(2)7-16-8-12(14-15-16)9-18-6-5-13(17)11(3)4/h8,10-11H,5-7,9H2,1-4H3. The Morgan fingerprint density at radius 1 is 1.39 bits per heavy atom. The molecule has 1 heterocycles. The van der Waals surface area contributed by atoms with Crippen LogP contribution < -0.4 is 0 Å². The van der Waals surface area contributed by atoms with E-state index in [2.05, 4.69) is 24.2 Å². The van der Waals surface area contributed by atoms with Crippen LogP contribution in [0.3, 0.4) is 0 Å². The van der Waals surface area contributed by atoms with Crippen molar-refractivity contribution in [2.45, 2.75) is 47.3 Å². The molecule has 0 unspecified atom stereocenters. The number of Topliss-reactive ketones (excluding diaryl/α,β-unsaturated/α-hetero) is 1. The summed E-state index contributed by atoms with van der Waals surface area (Å²) in [5.41, 5.74) is 0.813. The molecule has 1 aromatic rings. The first-order valence-corrected chi connectivity index (χ1v) is 6.48. The molecule has 0 spiro atoms. The van der Waals surface area contributed by atoms with Crippen LogP contribution >= 0.6 is 0 Å². The molecule has 1 rings (SSSR count). The van der Waals surface area contributed by atoms with Crippen LogP contribution in [0.4, 0.5) is 0 Å². The Labute approximate surface area is 109 Å². The second-order valence-electron chi connectivity index (χ2n) is 5.25. The number of ketones is 1. The molecule has 1 aromatic heterocycles. The maximum absolute atomic E-state index is 11.4. The summed E-state index contributed by atoms with van der Waals surface area (Å²) in [6.07, 6.45) is 2.36. The van der Waals surface area contributed by atoms with Crippen molar-refractivity contribution < 1.29 is 9.53 Å². The van der Waals surface area contributed by atoms with Gasteiger partial charge in [0.15, 0.2) is 0 Å².